The molecule has 2 amide bonds. The number of aromatic amines is 1. The van der Waals surface area contributed by atoms with Crippen molar-refractivity contribution in [2.24, 2.45) is 5.92 Å². The third-order valence-electron chi connectivity index (χ3n) is 4.09. The molecular weight excluding hydrogens is 324 g/mol. The Balaban J connectivity index is 1.67. The summed E-state index contributed by atoms with van der Waals surface area (Å²) in [4.78, 5) is 27.7. The molecule has 0 aliphatic carbocycles. The number of amides is 2. The second-order valence-electron chi connectivity index (χ2n) is 6.40. The monoisotopic (exact) mass is 346 g/mol. The van der Waals surface area contributed by atoms with Gasteiger partial charge in [0.15, 0.2) is 5.69 Å². The molecule has 1 unspecified atom stereocenters. The van der Waals surface area contributed by atoms with Crippen LogP contribution in [0.4, 0.5) is 0 Å². The largest absolute Gasteiger partial charge is 0.354 e. The average Bonchev–Trinajstić information content (AvgIpc) is 3.24. The Morgan fingerprint density at radius 1 is 1.46 bits per heavy atom. The second-order valence-corrected chi connectivity index (χ2v) is 7.35. The molecule has 24 heavy (non-hydrogen) atoms. The van der Waals surface area contributed by atoms with Gasteiger partial charge in [0.25, 0.3) is 5.91 Å². The number of carbonyl (C=O) groups excluding carboxylic acids is 2. The maximum Gasteiger partial charge on any atom is 0.274 e. The molecule has 2 aromatic heterocycles. The van der Waals surface area contributed by atoms with Gasteiger partial charge in [-0.3, -0.25) is 14.7 Å². The minimum absolute atomic E-state index is 0.0313. The Morgan fingerprint density at radius 3 is 3.00 bits per heavy atom. The van der Waals surface area contributed by atoms with Crippen LogP contribution in [0.5, 0.6) is 0 Å². The molecule has 0 saturated carbocycles. The number of piperidine rings is 1. The number of nitrogens with one attached hydrogen (secondary N) is 2. The zero-order chi connectivity index (χ0) is 17.1. The molecule has 0 aromatic carbocycles. The van der Waals surface area contributed by atoms with Gasteiger partial charge >= 0.3 is 0 Å². The van der Waals surface area contributed by atoms with Gasteiger partial charge in [0, 0.05) is 19.1 Å². The average molecular weight is 346 g/mol. The van der Waals surface area contributed by atoms with Crippen molar-refractivity contribution in [2.45, 2.75) is 32.7 Å². The molecule has 1 aliphatic rings. The third kappa shape index (κ3) is 3.67. The lowest BCUT2D eigenvalue weighted by Gasteiger charge is -2.32. The second kappa shape index (κ2) is 7.17. The van der Waals surface area contributed by atoms with Crippen molar-refractivity contribution in [1.29, 1.82) is 0 Å². The van der Waals surface area contributed by atoms with Gasteiger partial charge in [0.05, 0.1) is 16.5 Å². The first kappa shape index (κ1) is 16.7. The van der Waals surface area contributed by atoms with E-state index in [9.17, 15) is 9.59 Å². The molecule has 1 fully saturated rings. The van der Waals surface area contributed by atoms with Crippen LogP contribution >= 0.6 is 11.3 Å². The maximum absolute atomic E-state index is 12.7. The van der Waals surface area contributed by atoms with Gasteiger partial charge in [0.1, 0.15) is 0 Å². The number of hydrogen-bond acceptors (Lipinski definition) is 4. The molecule has 0 spiro atoms. The molecular formula is C17H22N4O2S. The lowest BCUT2D eigenvalue weighted by Crippen LogP contribution is -2.46. The molecule has 6 nitrogen and oxygen atoms in total. The number of hydrogen-bond donors (Lipinski definition) is 2. The SMILES string of the molecule is CC(C)NC(=O)C1CCCN(C(=O)c2cc(-c3cccs3)[nH]n2)C1. The highest BCUT2D eigenvalue weighted by atomic mass is 32.1. The van der Waals surface area contributed by atoms with Gasteiger partial charge in [-0.15, -0.1) is 11.3 Å². The summed E-state index contributed by atoms with van der Waals surface area (Å²) in [6.07, 6.45) is 1.66. The Morgan fingerprint density at radius 2 is 2.29 bits per heavy atom. The van der Waals surface area contributed by atoms with Gasteiger partial charge < -0.3 is 10.2 Å². The summed E-state index contributed by atoms with van der Waals surface area (Å²) in [6, 6.07) is 5.85. The van der Waals surface area contributed by atoms with Crippen molar-refractivity contribution in [1.82, 2.24) is 20.4 Å². The van der Waals surface area contributed by atoms with Crippen LogP contribution in [0, 0.1) is 5.92 Å². The lowest BCUT2D eigenvalue weighted by molar-refractivity contribution is -0.126. The topological polar surface area (TPSA) is 78.1 Å². The van der Waals surface area contributed by atoms with Gasteiger partial charge in [0.2, 0.25) is 5.91 Å². The Bertz CT molecular complexity index is 708. The number of H-pyrrole nitrogens is 1. The van der Waals surface area contributed by atoms with Crippen LogP contribution in [0.15, 0.2) is 23.6 Å². The highest BCUT2D eigenvalue weighted by Crippen LogP contribution is 2.24. The summed E-state index contributed by atoms with van der Waals surface area (Å²) in [5.41, 5.74) is 1.25. The van der Waals surface area contributed by atoms with Crippen LogP contribution in [-0.4, -0.2) is 46.0 Å². The summed E-state index contributed by atoms with van der Waals surface area (Å²) in [7, 11) is 0. The fourth-order valence-electron chi connectivity index (χ4n) is 2.93. The lowest BCUT2D eigenvalue weighted by atomic mass is 9.96. The molecule has 0 radical (unpaired) electrons. The Kier molecular flexibility index (Phi) is 4.99. The predicted octanol–water partition coefficient (Wildman–Crippen LogP) is 2.51. The number of nitrogens with zero attached hydrogens (tertiary/aromatic N) is 2. The smallest absolute Gasteiger partial charge is 0.274 e. The highest BCUT2D eigenvalue weighted by molar-refractivity contribution is 7.13. The molecule has 7 heteroatoms. The molecule has 3 heterocycles. The van der Waals surface area contributed by atoms with E-state index in [1.165, 1.54) is 0 Å². The first-order valence-electron chi connectivity index (χ1n) is 8.23. The molecule has 2 aromatic rings. The van der Waals surface area contributed by atoms with E-state index in [2.05, 4.69) is 15.5 Å². The van der Waals surface area contributed by atoms with Crippen LogP contribution in [0.1, 0.15) is 37.2 Å². The molecule has 3 rings (SSSR count). The van der Waals surface area contributed by atoms with E-state index >= 15 is 0 Å². The van der Waals surface area contributed by atoms with E-state index in [0.717, 1.165) is 23.4 Å². The number of aromatic nitrogens is 2. The van der Waals surface area contributed by atoms with Gasteiger partial charge in [-0.1, -0.05) is 6.07 Å². The van der Waals surface area contributed by atoms with Crippen LogP contribution in [0.3, 0.4) is 0 Å². The van der Waals surface area contributed by atoms with E-state index in [1.807, 2.05) is 31.4 Å². The molecule has 128 valence electrons. The minimum atomic E-state index is -0.138. The summed E-state index contributed by atoms with van der Waals surface area (Å²) >= 11 is 1.60. The van der Waals surface area contributed by atoms with Crippen molar-refractivity contribution >= 4 is 23.2 Å². The molecule has 1 saturated heterocycles. The fraction of sp³-hybridized carbons (Fsp3) is 0.471. The van der Waals surface area contributed by atoms with E-state index in [-0.39, 0.29) is 23.8 Å². The van der Waals surface area contributed by atoms with Crippen molar-refractivity contribution in [2.75, 3.05) is 13.1 Å². The van der Waals surface area contributed by atoms with Crippen molar-refractivity contribution in [3.05, 3.63) is 29.3 Å². The Hall–Kier alpha value is -2.15. The number of carbonyl (C=O) groups is 2. The first-order chi connectivity index (χ1) is 11.5. The summed E-state index contributed by atoms with van der Waals surface area (Å²) in [6.45, 7) is 5.02. The molecule has 1 aliphatic heterocycles. The summed E-state index contributed by atoms with van der Waals surface area (Å²) in [5, 5.41) is 12.0. The number of likely N-dealkylation sites (tertiary alicyclic amines) is 1. The van der Waals surface area contributed by atoms with Crippen molar-refractivity contribution in [3.63, 3.8) is 0 Å². The highest BCUT2D eigenvalue weighted by Gasteiger charge is 2.30. The molecule has 2 N–H and O–H groups in total. The van der Waals surface area contributed by atoms with Crippen LogP contribution in [0.2, 0.25) is 0 Å². The summed E-state index contributed by atoms with van der Waals surface area (Å²) in [5.74, 6) is -0.222. The molecule has 0 bridgehead atoms. The van der Waals surface area contributed by atoms with E-state index in [0.29, 0.717) is 18.8 Å². The van der Waals surface area contributed by atoms with E-state index in [4.69, 9.17) is 0 Å². The maximum atomic E-state index is 12.7. The fourth-order valence-corrected chi connectivity index (χ4v) is 3.62. The van der Waals surface area contributed by atoms with Crippen molar-refractivity contribution in [3.8, 4) is 10.6 Å². The van der Waals surface area contributed by atoms with Crippen LogP contribution in [-0.2, 0) is 4.79 Å². The van der Waals surface area contributed by atoms with Crippen molar-refractivity contribution < 1.29 is 9.59 Å². The number of rotatable bonds is 4. The van der Waals surface area contributed by atoms with E-state index in [1.54, 1.807) is 22.3 Å². The van der Waals surface area contributed by atoms with Crippen LogP contribution in [0.25, 0.3) is 10.6 Å². The first-order valence-corrected chi connectivity index (χ1v) is 9.11. The minimum Gasteiger partial charge on any atom is -0.354 e. The van der Waals surface area contributed by atoms with Crippen LogP contribution < -0.4 is 5.32 Å². The van der Waals surface area contributed by atoms with Gasteiger partial charge in [-0.05, 0) is 44.2 Å². The Labute approximate surface area is 145 Å². The number of thiophene rings is 1. The zero-order valence-electron chi connectivity index (χ0n) is 13.9. The summed E-state index contributed by atoms with van der Waals surface area (Å²) < 4.78 is 0. The predicted molar refractivity (Wildman–Crippen MR) is 93.8 cm³/mol. The molecule has 1 atom stereocenters. The zero-order valence-corrected chi connectivity index (χ0v) is 14.7. The standard InChI is InChI=1S/C17H22N4O2S/c1-11(2)18-16(22)12-5-3-7-21(10-12)17(23)14-9-13(19-20-14)15-6-4-8-24-15/h4,6,8-9,11-12H,3,5,7,10H2,1-2H3,(H,18,22)(H,19,20). The van der Waals surface area contributed by atoms with E-state index < -0.39 is 0 Å². The quantitative estimate of drug-likeness (QED) is 0.893. The van der Waals surface area contributed by atoms with Gasteiger partial charge in [-0.2, -0.15) is 5.10 Å². The van der Waals surface area contributed by atoms with Gasteiger partial charge in [-0.25, -0.2) is 0 Å². The normalized spacial score (nSPS) is 18.0. The third-order valence-corrected chi connectivity index (χ3v) is 5.00.